The van der Waals surface area contributed by atoms with E-state index < -0.39 is 0 Å². The standard InChI is InChI=1S/C20H20N2O/c1-16-7-5-11-19(22-16)20-18(10-6-13-21-20)12-14-23-15-17-8-3-2-4-9-17/h2-11,13H,12,14-15H2,1H3. The fourth-order valence-corrected chi connectivity index (χ4v) is 2.49. The topological polar surface area (TPSA) is 35.0 Å². The largest absolute Gasteiger partial charge is 0.376 e. The Morgan fingerprint density at radius 1 is 0.913 bits per heavy atom. The molecule has 116 valence electrons. The normalized spacial score (nSPS) is 10.7. The minimum absolute atomic E-state index is 0.638. The molecular weight excluding hydrogens is 284 g/mol. The van der Waals surface area contributed by atoms with Gasteiger partial charge in [-0.05, 0) is 42.7 Å². The molecule has 23 heavy (non-hydrogen) atoms. The second-order valence-electron chi connectivity index (χ2n) is 5.46. The van der Waals surface area contributed by atoms with Crippen LogP contribution < -0.4 is 0 Å². The van der Waals surface area contributed by atoms with Crippen LogP contribution in [0.2, 0.25) is 0 Å². The summed E-state index contributed by atoms with van der Waals surface area (Å²) in [6, 6.07) is 20.3. The van der Waals surface area contributed by atoms with Gasteiger partial charge < -0.3 is 4.74 Å². The Kier molecular flexibility index (Phi) is 5.12. The first-order valence-corrected chi connectivity index (χ1v) is 7.82. The minimum atomic E-state index is 0.638. The Hall–Kier alpha value is -2.52. The van der Waals surface area contributed by atoms with Gasteiger partial charge in [0.25, 0.3) is 0 Å². The Morgan fingerprint density at radius 2 is 1.78 bits per heavy atom. The number of nitrogens with zero attached hydrogens (tertiary/aromatic N) is 2. The van der Waals surface area contributed by atoms with Gasteiger partial charge in [0, 0.05) is 11.9 Å². The molecule has 2 aromatic heterocycles. The minimum Gasteiger partial charge on any atom is -0.376 e. The molecule has 3 nitrogen and oxygen atoms in total. The van der Waals surface area contributed by atoms with Crippen LogP contribution in [0.5, 0.6) is 0 Å². The molecule has 0 unspecified atom stereocenters. The van der Waals surface area contributed by atoms with Crippen LogP contribution in [-0.4, -0.2) is 16.6 Å². The highest BCUT2D eigenvalue weighted by Crippen LogP contribution is 2.20. The van der Waals surface area contributed by atoms with Crippen molar-refractivity contribution in [2.75, 3.05) is 6.61 Å². The third kappa shape index (κ3) is 4.24. The van der Waals surface area contributed by atoms with Crippen molar-refractivity contribution in [2.24, 2.45) is 0 Å². The number of rotatable bonds is 6. The van der Waals surface area contributed by atoms with Crippen LogP contribution in [0.1, 0.15) is 16.8 Å². The molecule has 0 aliphatic heterocycles. The van der Waals surface area contributed by atoms with Crippen LogP contribution in [0.15, 0.2) is 66.9 Å². The average Bonchev–Trinajstić information content (AvgIpc) is 2.60. The fourth-order valence-electron chi connectivity index (χ4n) is 2.49. The molecule has 0 fully saturated rings. The maximum absolute atomic E-state index is 5.79. The Morgan fingerprint density at radius 3 is 2.61 bits per heavy atom. The zero-order valence-electron chi connectivity index (χ0n) is 13.3. The first kappa shape index (κ1) is 15.4. The van der Waals surface area contributed by atoms with Crippen LogP contribution in [0.3, 0.4) is 0 Å². The quantitative estimate of drug-likeness (QED) is 0.640. The summed E-state index contributed by atoms with van der Waals surface area (Å²) in [7, 11) is 0. The van der Waals surface area contributed by atoms with Gasteiger partial charge in [0.2, 0.25) is 0 Å². The molecule has 0 radical (unpaired) electrons. The van der Waals surface area contributed by atoms with E-state index in [1.807, 2.05) is 55.6 Å². The summed E-state index contributed by atoms with van der Waals surface area (Å²) < 4.78 is 5.79. The Bertz CT molecular complexity index is 756. The zero-order chi connectivity index (χ0) is 15.9. The van der Waals surface area contributed by atoms with E-state index >= 15 is 0 Å². The summed E-state index contributed by atoms with van der Waals surface area (Å²) in [5.41, 5.74) is 5.22. The van der Waals surface area contributed by atoms with Crippen molar-refractivity contribution in [1.29, 1.82) is 0 Å². The number of hydrogen-bond acceptors (Lipinski definition) is 3. The second-order valence-corrected chi connectivity index (χ2v) is 5.46. The summed E-state index contributed by atoms with van der Waals surface area (Å²) in [5, 5.41) is 0. The van der Waals surface area contributed by atoms with Crippen LogP contribution in [-0.2, 0) is 17.8 Å². The van der Waals surface area contributed by atoms with E-state index in [1.165, 1.54) is 11.1 Å². The van der Waals surface area contributed by atoms with E-state index in [9.17, 15) is 0 Å². The molecule has 3 aromatic rings. The first-order chi connectivity index (χ1) is 11.3. The van der Waals surface area contributed by atoms with Crippen molar-refractivity contribution in [2.45, 2.75) is 20.0 Å². The monoisotopic (exact) mass is 304 g/mol. The van der Waals surface area contributed by atoms with Gasteiger partial charge in [-0.1, -0.05) is 42.5 Å². The molecule has 3 heteroatoms. The maximum Gasteiger partial charge on any atom is 0.0919 e. The van der Waals surface area contributed by atoms with Gasteiger partial charge in [-0.25, -0.2) is 0 Å². The number of benzene rings is 1. The average molecular weight is 304 g/mol. The number of ether oxygens (including phenoxy) is 1. The highest BCUT2D eigenvalue weighted by atomic mass is 16.5. The molecule has 0 saturated carbocycles. The number of pyridine rings is 2. The maximum atomic E-state index is 5.79. The fraction of sp³-hybridized carbons (Fsp3) is 0.200. The van der Waals surface area contributed by atoms with Crippen molar-refractivity contribution in [1.82, 2.24) is 9.97 Å². The van der Waals surface area contributed by atoms with Gasteiger partial charge in [-0.2, -0.15) is 0 Å². The lowest BCUT2D eigenvalue weighted by Gasteiger charge is -2.09. The van der Waals surface area contributed by atoms with Crippen molar-refractivity contribution in [3.8, 4) is 11.4 Å². The molecule has 0 aliphatic carbocycles. The van der Waals surface area contributed by atoms with Crippen molar-refractivity contribution in [3.63, 3.8) is 0 Å². The van der Waals surface area contributed by atoms with Gasteiger partial charge in [-0.15, -0.1) is 0 Å². The highest BCUT2D eigenvalue weighted by molar-refractivity contribution is 5.58. The molecule has 0 spiro atoms. The Balaban J connectivity index is 1.64. The SMILES string of the molecule is Cc1cccc(-c2ncccc2CCOCc2ccccc2)n1. The predicted octanol–water partition coefficient (Wildman–Crippen LogP) is 4.21. The third-order valence-electron chi connectivity index (χ3n) is 3.65. The molecule has 0 atom stereocenters. The molecule has 0 aliphatic rings. The summed E-state index contributed by atoms with van der Waals surface area (Å²) >= 11 is 0. The summed E-state index contributed by atoms with van der Waals surface area (Å²) in [4.78, 5) is 9.09. The van der Waals surface area contributed by atoms with Crippen LogP contribution in [0.25, 0.3) is 11.4 Å². The lowest BCUT2D eigenvalue weighted by atomic mass is 10.1. The third-order valence-corrected chi connectivity index (χ3v) is 3.65. The molecule has 0 amide bonds. The first-order valence-electron chi connectivity index (χ1n) is 7.82. The van der Waals surface area contributed by atoms with Crippen LogP contribution in [0, 0.1) is 6.92 Å². The highest BCUT2D eigenvalue weighted by Gasteiger charge is 2.07. The second kappa shape index (κ2) is 7.65. The molecule has 2 heterocycles. The van der Waals surface area contributed by atoms with E-state index in [1.54, 1.807) is 0 Å². The lowest BCUT2D eigenvalue weighted by Crippen LogP contribution is -2.02. The van der Waals surface area contributed by atoms with Gasteiger partial charge in [-0.3, -0.25) is 9.97 Å². The molecule has 3 rings (SSSR count). The van der Waals surface area contributed by atoms with Crippen LogP contribution >= 0.6 is 0 Å². The van der Waals surface area contributed by atoms with Crippen molar-refractivity contribution in [3.05, 3.63) is 83.7 Å². The van der Waals surface area contributed by atoms with E-state index in [0.717, 1.165) is 23.5 Å². The summed E-state index contributed by atoms with van der Waals surface area (Å²) in [6.45, 7) is 3.30. The number of aryl methyl sites for hydroxylation is 1. The molecule has 1 aromatic carbocycles. The smallest absolute Gasteiger partial charge is 0.0919 e. The predicted molar refractivity (Wildman–Crippen MR) is 92.0 cm³/mol. The van der Waals surface area contributed by atoms with Crippen molar-refractivity contribution >= 4 is 0 Å². The summed E-state index contributed by atoms with van der Waals surface area (Å²) in [6.07, 6.45) is 2.64. The van der Waals surface area contributed by atoms with Crippen molar-refractivity contribution < 1.29 is 4.74 Å². The van der Waals surface area contributed by atoms with E-state index in [2.05, 4.69) is 28.2 Å². The van der Waals surface area contributed by atoms with E-state index in [-0.39, 0.29) is 0 Å². The van der Waals surface area contributed by atoms with E-state index in [0.29, 0.717) is 13.2 Å². The zero-order valence-corrected chi connectivity index (χ0v) is 13.3. The summed E-state index contributed by atoms with van der Waals surface area (Å²) in [5.74, 6) is 0. The van der Waals surface area contributed by atoms with Gasteiger partial charge in [0.15, 0.2) is 0 Å². The van der Waals surface area contributed by atoms with Crippen LogP contribution in [0.4, 0.5) is 0 Å². The van der Waals surface area contributed by atoms with Gasteiger partial charge in [0.1, 0.15) is 0 Å². The van der Waals surface area contributed by atoms with Gasteiger partial charge in [0.05, 0.1) is 24.6 Å². The Labute approximate surface area is 137 Å². The molecular formula is C20H20N2O. The molecule has 0 saturated heterocycles. The molecule has 0 bridgehead atoms. The van der Waals surface area contributed by atoms with E-state index in [4.69, 9.17) is 4.74 Å². The van der Waals surface area contributed by atoms with Gasteiger partial charge >= 0.3 is 0 Å². The molecule has 0 N–H and O–H groups in total. The number of hydrogen-bond donors (Lipinski definition) is 0. The number of aromatic nitrogens is 2. The lowest BCUT2D eigenvalue weighted by molar-refractivity contribution is 0.124.